The van der Waals surface area contributed by atoms with Gasteiger partial charge in [0.2, 0.25) is 15.9 Å². The number of ether oxygens (including phenoxy) is 2. The van der Waals surface area contributed by atoms with E-state index in [9.17, 15) is 18.0 Å². The highest BCUT2D eigenvalue weighted by Crippen LogP contribution is 2.31. The van der Waals surface area contributed by atoms with Gasteiger partial charge < -0.3 is 25.0 Å². The molecule has 30 heavy (non-hydrogen) atoms. The minimum atomic E-state index is -3.81. The Morgan fingerprint density at radius 1 is 1.03 bits per heavy atom. The molecular formula is C19H30N4O6S. The molecule has 10 nitrogen and oxygen atoms in total. The molecule has 1 aromatic rings. The van der Waals surface area contributed by atoms with Gasteiger partial charge in [-0.05, 0) is 18.6 Å². The van der Waals surface area contributed by atoms with Crippen LogP contribution in [-0.4, -0.2) is 83.0 Å². The molecule has 1 aromatic carbocycles. The Kier molecular flexibility index (Phi) is 8.72. The normalized spacial score (nSPS) is 14.8. The van der Waals surface area contributed by atoms with Crippen LogP contribution in [0.5, 0.6) is 11.5 Å². The van der Waals surface area contributed by atoms with Gasteiger partial charge >= 0.3 is 6.03 Å². The van der Waals surface area contributed by atoms with Gasteiger partial charge in [-0.2, -0.15) is 4.31 Å². The molecule has 168 valence electrons. The Balaban J connectivity index is 1.92. The zero-order chi connectivity index (χ0) is 22.1. The molecule has 1 aliphatic rings. The summed E-state index contributed by atoms with van der Waals surface area (Å²) in [5.74, 6) is 0.535. The van der Waals surface area contributed by atoms with Gasteiger partial charge in [-0.15, -0.1) is 0 Å². The maximum Gasteiger partial charge on any atom is 0.317 e. The van der Waals surface area contributed by atoms with Gasteiger partial charge in [0.05, 0.1) is 14.2 Å². The third-order valence-corrected chi connectivity index (χ3v) is 6.63. The van der Waals surface area contributed by atoms with Crippen molar-refractivity contribution >= 4 is 22.0 Å². The van der Waals surface area contributed by atoms with E-state index in [1.165, 1.54) is 24.6 Å². The fourth-order valence-electron chi connectivity index (χ4n) is 3.00. The Morgan fingerprint density at radius 3 is 2.33 bits per heavy atom. The van der Waals surface area contributed by atoms with Crippen LogP contribution in [0.15, 0.2) is 23.1 Å². The molecule has 2 N–H and O–H groups in total. The average Bonchev–Trinajstić information content (AvgIpc) is 2.77. The average molecular weight is 443 g/mol. The number of carbonyl (C=O) groups is 2. The topological polar surface area (TPSA) is 117 Å². The molecule has 0 aliphatic carbocycles. The summed E-state index contributed by atoms with van der Waals surface area (Å²) in [4.78, 5) is 25.4. The molecule has 0 atom stereocenters. The highest BCUT2D eigenvalue weighted by Gasteiger charge is 2.32. The lowest BCUT2D eigenvalue weighted by Crippen LogP contribution is -2.53. The molecule has 1 fully saturated rings. The summed E-state index contributed by atoms with van der Waals surface area (Å²) < 4.78 is 37.8. The van der Waals surface area contributed by atoms with Crippen LogP contribution < -0.4 is 20.1 Å². The number of amides is 3. The second-order valence-electron chi connectivity index (χ2n) is 6.74. The zero-order valence-electron chi connectivity index (χ0n) is 17.6. The van der Waals surface area contributed by atoms with Crippen LogP contribution in [0.2, 0.25) is 0 Å². The van der Waals surface area contributed by atoms with Crippen LogP contribution in [-0.2, 0) is 14.8 Å². The maximum absolute atomic E-state index is 13.1. The standard InChI is InChI=1S/C19H30N4O6S/c1-4-8-20-18(24)7-9-21-19(25)22-10-12-23(13-11-22)30(26,27)17-14-15(28-2)5-6-16(17)29-3/h5-6,14H,4,7-13H2,1-3H3,(H,20,24)(H,21,25). The van der Waals surface area contributed by atoms with Crippen molar-refractivity contribution in [3.63, 3.8) is 0 Å². The molecule has 1 saturated heterocycles. The number of nitrogens with zero attached hydrogens (tertiary/aromatic N) is 2. The van der Waals surface area contributed by atoms with Crippen LogP contribution in [0, 0.1) is 0 Å². The number of nitrogens with one attached hydrogen (secondary N) is 2. The Labute approximate surface area is 177 Å². The number of carbonyl (C=O) groups excluding carboxylic acids is 2. The first-order valence-corrected chi connectivity index (χ1v) is 11.3. The van der Waals surface area contributed by atoms with Crippen molar-refractivity contribution in [3.05, 3.63) is 18.2 Å². The van der Waals surface area contributed by atoms with E-state index in [2.05, 4.69) is 10.6 Å². The number of rotatable bonds is 9. The molecule has 1 aliphatic heterocycles. The number of benzene rings is 1. The second kappa shape index (κ2) is 11.0. The van der Waals surface area contributed by atoms with Crippen molar-refractivity contribution in [1.29, 1.82) is 0 Å². The number of urea groups is 1. The van der Waals surface area contributed by atoms with Crippen LogP contribution in [0.4, 0.5) is 4.79 Å². The van der Waals surface area contributed by atoms with Crippen molar-refractivity contribution < 1.29 is 27.5 Å². The number of hydrogen-bond donors (Lipinski definition) is 2. The quantitative estimate of drug-likeness (QED) is 0.580. The van der Waals surface area contributed by atoms with Gasteiger partial charge in [0, 0.05) is 51.8 Å². The Bertz CT molecular complexity index is 837. The third kappa shape index (κ3) is 5.99. The summed E-state index contributed by atoms with van der Waals surface area (Å²) in [6, 6.07) is 4.29. The first kappa shape index (κ1) is 23.7. The molecule has 0 bridgehead atoms. The Hall–Kier alpha value is -2.53. The fraction of sp³-hybridized carbons (Fsp3) is 0.579. The van der Waals surface area contributed by atoms with Crippen molar-refractivity contribution in [3.8, 4) is 11.5 Å². The summed E-state index contributed by atoms with van der Waals surface area (Å²) in [5.41, 5.74) is 0. The number of piperazine rings is 1. The van der Waals surface area contributed by atoms with E-state index in [-0.39, 0.29) is 61.7 Å². The molecule has 0 saturated carbocycles. The van der Waals surface area contributed by atoms with E-state index in [0.29, 0.717) is 12.3 Å². The second-order valence-corrected chi connectivity index (χ2v) is 8.65. The molecule has 3 amide bonds. The predicted octanol–water partition coefficient (Wildman–Crippen LogP) is 0.636. The SMILES string of the molecule is CCCNC(=O)CCNC(=O)N1CCN(S(=O)(=O)c2cc(OC)ccc2OC)CC1. The van der Waals surface area contributed by atoms with Gasteiger partial charge in [0.25, 0.3) is 0 Å². The van der Waals surface area contributed by atoms with Crippen LogP contribution in [0.3, 0.4) is 0 Å². The number of hydrogen-bond acceptors (Lipinski definition) is 6. The van der Waals surface area contributed by atoms with E-state index in [1.807, 2.05) is 6.92 Å². The largest absolute Gasteiger partial charge is 0.497 e. The lowest BCUT2D eigenvalue weighted by Gasteiger charge is -2.34. The van der Waals surface area contributed by atoms with Gasteiger partial charge in [0.15, 0.2) is 0 Å². The van der Waals surface area contributed by atoms with E-state index in [0.717, 1.165) is 6.42 Å². The summed E-state index contributed by atoms with van der Waals surface area (Å²) in [5, 5.41) is 5.44. The van der Waals surface area contributed by atoms with Gasteiger partial charge in [0.1, 0.15) is 16.4 Å². The monoisotopic (exact) mass is 442 g/mol. The summed E-state index contributed by atoms with van der Waals surface area (Å²) in [6.07, 6.45) is 1.06. The summed E-state index contributed by atoms with van der Waals surface area (Å²) in [6.45, 7) is 3.63. The van der Waals surface area contributed by atoms with Crippen LogP contribution in [0.25, 0.3) is 0 Å². The summed E-state index contributed by atoms with van der Waals surface area (Å²) in [7, 11) is -0.937. The molecule has 1 heterocycles. The van der Waals surface area contributed by atoms with Gasteiger partial charge in [-0.3, -0.25) is 4.79 Å². The van der Waals surface area contributed by atoms with E-state index >= 15 is 0 Å². The van der Waals surface area contributed by atoms with Crippen LogP contribution >= 0.6 is 0 Å². The molecule has 0 radical (unpaired) electrons. The number of sulfonamides is 1. The highest BCUT2D eigenvalue weighted by atomic mass is 32.2. The summed E-state index contributed by atoms with van der Waals surface area (Å²) >= 11 is 0. The van der Waals surface area contributed by atoms with Crippen LogP contribution in [0.1, 0.15) is 19.8 Å². The van der Waals surface area contributed by atoms with Gasteiger partial charge in [-0.25, -0.2) is 13.2 Å². The molecule has 2 rings (SSSR count). The van der Waals surface area contributed by atoms with E-state index in [4.69, 9.17) is 9.47 Å². The van der Waals surface area contributed by atoms with Crippen molar-refractivity contribution in [2.75, 3.05) is 53.5 Å². The van der Waals surface area contributed by atoms with Gasteiger partial charge in [-0.1, -0.05) is 6.92 Å². The zero-order valence-corrected chi connectivity index (χ0v) is 18.5. The molecule has 0 aromatic heterocycles. The van der Waals surface area contributed by atoms with E-state index in [1.54, 1.807) is 17.0 Å². The van der Waals surface area contributed by atoms with Crippen molar-refractivity contribution in [2.45, 2.75) is 24.7 Å². The highest BCUT2D eigenvalue weighted by molar-refractivity contribution is 7.89. The lowest BCUT2D eigenvalue weighted by molar-refractivity contribution is -0.120. The third-order valence-electron chi connectivity index (χ3n) is 4.71. The molecule has 11 heteroatoms. The van der Waals surface area contributed by atoms with Crippen molar-refractivity contribution in [2.24, 2.45) is 0 Å². The Morgan fingerprint density at radius 2 is 1.73 bits per heavy atom. The molecular weight excluding hydrogens is 412 g/mol. The molecule has 0 spiro atoms. The smallest absolute Gasteiger partial charge is 0.317 e. The predicted molar refractivity (Wildman–Crippen MR) is 111 cm³/mol. The van der Waals surface area contributed by atoms with Crippen molar-refractivity contribution in [1.82, 2.24) is 19.8 Å². The van der Waals surface area contributed by atoms with E-state index < -0.39 is 10.0 Å². The minimum absolute atomic E-state index is 0.0281. The molecule has 0 unspecified atom stereocenters. The first-order chi connectivity index (χ1) is 14.3. The number of methoxy groups -OCH3 is 2. The minimum Gasteiger partial charge on any atom is -0.497 e. The maximum atomic E-state index is 13.1. The fourth-order valence-corrected chi connectivity index (χ4v) is 4.60. The first-order valence-electron chi connectivity index (χ1n) is 9.85. The lowest BCUT2D eigenvalue weighted by atomic mass is 10.3.